The van der Waals surface area contributed by atoms with Crippen LogP contribution in [0.15, 0.2) is 65.1 Å². The van der Waals surface area contributed by atoms with E-state index in [1.807, 2.05) is 18.2 Å². The van der Waals surface area contributed by atoms with Crippen LogP contribution in [0.5, 0.6) is 5.75 Å². The molecule has 0 atom stereocenters. The molecule has 1 heterocycles. The van der Waals surface area contributed by atoms with Crippen LogP contribution in [0.2, 0.25) is 0 Å². The molecule has 3 rings (SSSR count). The van der Waals surface area contributed by atoms with Crippen LogP contribution in [0.3, 0.4) is 0 Å². The lowest BCUT2D eigenvalue weighted by Crippen LogP contribution is -2.21. The second-order valence-corrected chi connectivity index (χ2v) is 6.53. The predicted molar refractivity (Wildman–Crippen MR) is 101 cm³/mol. The van der Waals surface area contributed by atoms with E-state index in [0.717, 1.165) is 12.1 Å². The molecule has 9 heteroatoms. The number of ether oxygens (including phenoxy) is 1. The molecule has 0 saturated heterocycles. The average molecular weight is 407 g/mol. The molecule has 2 N–H and O–H groups in total. The molecular formula is C19H16F3N3O2S. The standard InChI is InChI=1S/C19H16F3N3O2S/c20-19(21,22)14-8-6-13(7-9-14)18-24-15(12-28-18)10-27-25-17(23)11-26-16-4-2-1-3-5-16/h1-9,12H,10-11H2,(H2,23,25). The van der Waals surface area contributed by atoms with Crippen molar-refractivity contribution in [1.29, 1.82) is 0 Å². The van der Waals surface area contributed by atoms with Crippen molar-refractivity contribution in [2.75, 3.05) is 6.61 Å². The topological polar surface area (TPSA) is 69.7 Å². The first-order chi connectivity index (χ1) is 13.4. The maximum Gasteiger partial charge on any atom is 0.416 e. The van der Waals surface area contributed by atoms with Gasteiger partial charge < -0.3 is 15.3 Å². The van der Waals surface area contributed by atoms with E-state index in [0.29, 0.717) is 22.0 Å². The lowest BCUT2D eigenvalue weighted by atomic mass is 10.1. The summed E-state index contributed by atoms with van der Waals surface area (Å²) in [6.07, 6.45) is -4.36. The molecule has 0 aliphatic carbocycles. The van der Waals surface area contributed by atoms with Gasteiger partial charge in [0.05, 0.1) is 11.3 Å². The summed E-state index contributed by atoms with van der Waals surface area (Å²) in [6, 6.07) is 14.0. The van der Waals surface area contributed by atoms with Gasteiger partial charge in [-0.1, -0.05) is 35.5 Å². The van der Waals surface area contributed by atoms with Crippen molar-refractivity contribution >= 4 is 17.2 Å². The van der Waals surface area contributed by atoms with Crippen LogP contribution in [0.25, 0.3) is 10.6 Å². The molecule has 146 valence electrons. The summed E-state index contributed by atoms with van der Waals surface area (Å²) in [5.74, 6) is 0.836. The molecule has 0 unspecified atom stereocenters. The Bertz CT molecular complexity index is 926. The van der Waals surface area contributed by atoms with E-state index < -0.39 is 11.7 Å². The quantitative estimate of drug-likeness (QED) is 0.350. The molecule has 3 aromatic rings. The third kappa shape index (κ3) is 5.46. The number of para-hydroxylation sites is 1. The summed E-state index contributed by atoms with van der Waals surface area (Å²) in [5, 5.41) is 6.11. The highest BCUT2D eigenvalue weighted by molar-refractivity contribution is 7.13. The molecule has 0 saturated carbocycles. The molecule has 0 bridgehead atoms. The summed E-state index contributed by atoms with van der Waals surface area (Å²) in [7, 11) is 0. The molecule has 5 nitrogen and oxygen atoms in total. The number of benzene rings is 2. The molecule has 2 aromatic carbocycles. The van der Waals surface area contributed by atoms with Crippen molar-refractivity contribution in [3.8, 4) is 16.3 Å². The second kappa shape index (κ2) is 8.75. The van der Waals surface area contributed by atoms with Crippen molar-refractivity contribution in [3.05, 3.63) is 71.2 Å². The summed E-state index contributed by atoms with van der Waals surface area (Å²) < 4.78 is 43.3. The highest BCUT2D eigenvalue weighted by atomic mass is 32.1. The summed E-state index contributed by atoms with van der Waals surface area (Å²) in [5.41, 5.74) is 6.22. The molecule has 0 fully saturated rings. The predicted octanol–water partition coefficient (Wildman–Crippen LogP) is 4.70. The zero-order valence-electron chi connectivity index (χ0n) is 14.5. The van der Waals surface area contributed by atoms with E-state index in [-0.39, 0.29) is 19.0 Å². The van der Waals surface area contributed by atoms with Gasteiger partial charge in [0.15, 0.2) is 12.4 Å². The van der Waals surface area contributed by atoms with Crippen LogP contribution >= 0.6 is 11.3 Å². The Morgan fingerprint density at radius 1 is 1.07 bits per heavy atom. The minimum Gasteiger partial charge on any atom is -0.486 e. The largest absolute Gasteiger partial charge is 0.486 e. The molecule has 28 heavy (non-hydrogen) atoms. The minimum absolute atomic E-state index is 0.0812. The number of thiazole rings is 1. The van der Waals surface area contributed by atoms with Gasteiger partial charge in [0.25, 0.3) is 0 Å². The van der Waals surface area contributed by atoms with E-state index >= 15 is 0 Å². The van der Waals surface area contributed by atoms with Gasteiger partial charge in [-0.2, -0.15) is 13.2 Å². The lowest BCUT2D eigenvalue weighted by molar-refractivity contribution is -0.137. The zero-order valence-corrected chi connectivity index (χ0v) is 15.3. The van der Waals surface area contributed by atoms with Crippen LogP contribution in [0, 0.1) is 0 Å². The van der Waals surface area contributed by atoms with E-state index in [1.165, 1.54) is 23.5 Å². The van der Waals surface area contributed by atoms with E-state index in [1.54, 1.807) is 17.5 Å². The molecule has 0 amide bonds. The van der Waals surface area contributed by atoms with Gasteiger partial charge in [-0.25, -0.2) is 4.98 Å². The molecule has 0 aliphatic heterocycles. The first kappa shape index (κ1) is 19.7. The van der Waals surface area contributed by atoms with Gasteiger partial charge in [-0.15, -0.1) is 11.3 Å². The number of oxime groups is 1. The summed E-state index contributed by atoms with van der Waals surface area (Å²) >= 11 is 1.31. The number of rotatable bonds is 7. The van der Waals surface area contributed by atoms with E-state index in [4.69, 9.17) is 15.3 Å². The summed E-state index contributed by atoms with van der Waals surface area (Å²) in [4.78, 5) is 9.50. The zero-order chi connectivity index (χ0) is 20.0. The van der Waals surface area contributed by atoms with Crippen LogP contribution in [0.1, 0.15) is 11.3 Å². The number of amidine groups is 1. The maximum absolute atomic E-state index is 12.6. The van der Waals surface area contributed by atoms with Gasteiger partial charge in [-0.3, -0.25) is 0 Å². The monoisotopic (exact) mass is 407 g/mol. The third-order valence-corrected chi connectivity index (χ3v) is 4.48. The average Bonchev–Trinajstić information content (AvgIpc) is 3.15. The Balaban J connectivity index is 1.52. The smallest absolute Gasteiger partial charge is 0.416 e. The molecule has 0 aliphatic rings. The second-order valence-electron chi connectivity index (χ2n) is 5.68. The number of aromatic nitrogens is 1. The number of nitrogens with two attached hydrogens (primary N) is 1. The van der Waals surface area contributed by atoms with Crippen LogP contribution in [-0.4, -0.2) is 17.4 Å². The summed E-state index contributed by atoms with van der Waals surface area (Å²) in [6.45, 7) is 0.168. The first-order valence-electron chi connectivity index (χ1n) is 8.16. The third-order valence-electron chi connectivity index (χ3n) is 3.54. The van der Waals surface area contributed by atoms with Crippen LogP contribution in [0.4, 0.5) is 13.2 Å². The Morgan fingerprint density at radius 2 is 1.79 bits per heavy atom. The van der Waals surface area contributed by atoms with Crippen molar-refractivity contribution in [2.45, 2.75) is 12.8 Å². The molecule has 0 radical (unpaired) electrons. The minimum atomic E-state index is -4.36. The maximum atomic E-state index is 12.6. The fraction of sp³-hybridized carbons (Fsp3) is 0.158. The molecule has 0 spiro atoms. The van der Waals surface area contributed by atoms with Crippen LogP contribution in [-0.2, 0) is 17.6 Å². The Morgan fingerprint density at radius 3 is 2.46 bits per heavy atom. The number of hydrogen-bond donors (Lipinski definition) is 1. The van der Waals surface area contributed by atoms with Gasteiger partial charge >= 0.3 is 6.18 Å². The number of alkyl halides is 3. The molecular weight excluding hydrogens is 391 g/mol. The van der Waals surface area contributed by atoms with Gasteiger partial charge in [0.1, 0.15) is 17.4 Å². The van der Waals surface area contributed by atoms with E-state index in [2.05, 4.69) is 10.1 Å². The van der Waals surface area contributed by atoms with Gasteiger partial charge in [-0.05, 0) is 24.3 Å². The van der Waals surface area contributed by atoms with Crippen molar-refractivity contribution in [3.63, 3.8) is 0 Å². The highest BCUT2D eigenvalue weighted by Crippen LogP contribution is 2.31. The highest BCUT2D eigenvalue weighted by Gasteiger charge is 2.30. The Hall–Kier alpha value is -3.07. The number of nitrogens with zero attached hydrogens (tertiary/aromatic N) is 2. The SMILES string of the molecule is N/C(COc1ccccc1)=N\OCc1csc(-c2ccc(C(F)(F)F)cc2)n1. The van der Waals surface area contributed by atoms with Crippen LogP contribution < -0.4 is 10.5 Å². The Labute approximate surface area is 163 Å². The van der Waals surface area contributed by atoms with Crippen molar-refractivity contribution in [2.24, 2.45) is 10.9 Å². The van der Waals surface area contributed by atoms with Gasteiger partial charge in [0.2, 0.25) is 0 Å². The lowest BCUT2D eigenvalue weighted by Gasteiger charge is -2.06. The number of hydrogen-bond acceptors (Lipinski definition) is 5. The Kier molecular flexibility index (Phi) is 6.15. The fourth-order valence-electron chi connectivity index (χ4n) is 2.19. The normalized spacial score (nSPS) is 12.0. The van der Waals surface area contributed by atoms with E-state index in [9.17, 15) is 13.2 Å². The van der Waals surface area contributed by atoms with Gasteiger partial charge in [0, 0.05) is 10.9 Å². The van der Waals surface area contributed by atoms with Crippen molar-refractivity contribution < 1.29 is 22.7 Å². The molecule has 1 aromatic heterocycles. The number of halogens is 3. The fourth-order valence-corrected chi connectivity index (χ4v) is 3.00. The first-order valence-corrected chi connectivity index (χ1v) is 9.04. The van der Waals surface area contributed by atoms with Crippen molar-refractivity contribution in [1.82, 2.24) is 4.98 Å².